The number of rotatable bonds is 3. The number of anilines is 1. The molecule has 0 bridgehead atoms. The van der Waals surface area contributed by atoms with Gasteiger partial charge in [-0.25, -0.2) is 4.98 Å². The van der Waals surface area contributed by atoms with E-state index < -0.39 is 0 Å². The second-order valence-corrected chi connectivity index (χ2v) is 6.24. The number of nitrogens with one attached hydrogen (secondary N) is 1. The summed E-state index contributed by atoms with van der Waals surface area (Å²) in [6.45, 7) is 3.97. The van der Waals surface area contributed by atoms with Gasteiger partial charge in [0, 0.05) is 26.2 Å². The Kier molecular flexibility index (Phi) is 4.06. The topological polar surface area (TPSA) is 61.2 Å². The molecule has 5 nitrogen and oxygen atoms in total. The predicted molar refractivity (Wildman–Crippen MR) is 92.2 cm³/mol. The fraction of sp³-hybridized carbons (Fsp3) is 0.368. The van der Waals surface area contributed by atoms with E-state index in [1.54, 1.807) is 12.1 Å². The second-order valence-electron chi connectivity index (χ2n) is 6.24. The first-order chi connectivity index (χ1) is 11.8. The second kappa shape index (κ2) is 6.50. The summed E-state index contributed by atoms with van der Waals surface area (Å²) in [5, 5.41) is 12.4. The highest BCUT2D eigenvalue weighted by atomic mass is 16.5. The van der Waals surface area contributed by atoms with Gasteiger partial charge >= 0.3 is 0 Å². The normalized spacial score (nSPS) is 19.6. The molecule has 1 fully saturated rings. The summed E-state index contributed by atoms with van der Waals surface area (Å²) in [6, 6.07) is 13.8. The standard InChI is InChI=1S/C19H20N4O/c20-13-14-2-1-3-16(12-14)24-17-6-4-15-5-7-18(22-19(15)17)23-10-8-21-9-11-23/h1-3,5,7,12,17,21H,4,6,8-11H2/t17-/m0/s1. The summed E-state index contributed by atoms with van der Waals surface area (Å²) in [5.74, 6) is 1.78. The summed E-state index contributed by atoms with van der Waals surface area (Å²) < 4.78 is 6.14. The average Bonchev–Trinajstić information content (AvgIpc) is 3.05. The van der Waals surface area contributed by atoms with E-state index in [1.807, 2.05) is 12.1 Å². The lowest BCUT2D eigenvalue weighted by Crippen LogP contribution is -2.44. The highest BCUT2D eigenvalue weighted by Gasteiger charge is 2.27. The summed E-state index contributed by atoms with van der Waals surface area (Å²) in [6.07, 6.45) is 1.90. The van der Waals surface area contributed by atoms with E-state index in [4.69, 9.17) is 15.0 Å². The number of ether oxygens (including phenoxy) is 1. The van der Waals surface area contributed by atoms with E-state index in [2.05, 4.69) is 28.4 Å². The molecule has 2 heterocycles. The van der Waals surface area contributed by atoms with Crippen LogP contribution in [0.15, 0.2) is 36.4 Å². The van der Waals surface area contributed by atoms with Gasteiger partial charge in [-0.2, -0.15) is 5.26 Å². The Morgan fingerprint density at radius 2 is 2.08 bits per heavy atom. The van der Waals surface area contributed by atoms with Crippen molar-refractivity contribution in [3.05, 3.63) is 53.2 Å². The molecule has 0 saturated carbocycles. The maximum absolute atomic E-state index is 9.03. The van der Waals surface area contributed by atoms with Crippen LogP contribution in [0.1, 0.15) is 29.3 Å². The Morgan fingerprint density at radius 1 is 1.21 bits per heavy atom. The van der Waals surface area contributed by atoms with Crippen LogP contribution in [0.2, 0.25) is 0 Å². The third-order valence-electron chi connectivity index (χ3n) is 4.66. The summed E-state index contributed by atoms with van der Waals surface area (Å²) in [7, 11) is 0. The Bertz CT molecular complexity index is 777. The molecule has 1 N–H and O–H groups in total. The number of nitriles is 1. The summed E-state index contributed by atoms with van der Waals surface area (Å²) in [4.78, 5) is 7.23. The third-order valence-corrected chi connectivity index (χ3v) is 4.66. The van der Waals surface area contributed by atoms with Crippen molar-refractivity contribution in [2.24, 2.45) is 0 Å². The predicted octanol–water partition coefficient (Wildman–Crippen LogP) is 2.43. The van der Waals surface area contributed by atoms with Crippen LogP contribution in [0.5, 0.6) is 5.75 Å². The number of pyridine rings is 1. The minimum Gasteiger partial charge on any atom is -0.484 e. The van der Waals surface area contributed by atoms with Crippen LogP contribution < -0.4 is 15.0 Å². The molecule has 5 heteroatoms. The highest BCUT2D eigenvalue weighted by molar-refractivity contribution is 5.45. The number of aromatic nitrogens is 1. The van der Waals surface area contributed by atoms with Gasteiger partial charge in [0.2, 0.25) is 0 Å². The quantitative estimate of drug-likeness (QED) is 0.941. The van der Waals surface area contributed by atoms with Crippen LogP contribution >= 0.6 is 0 Å². The molecule has 0 unspecified atom stereocenters. The van der Waals surface area contributed by atoms with Crippen molar-refractivity contribution >= 4 is 5.82 Å². The number of hydrogen-bond acceptors (Lipinski definition) is 5. The number of benzene rings is 1. The smallest absolute Gasteiger partial charge is 0.141 e. The van der Waals surface area contributed by atoms with Gasteiger partial charge in [0.1, 0.15) is 17.7 Å². The zero-order chi connectivity index (χ0) is 16.4. The zero-order valence-corrected chi connectivity index (χ0v) is 13.5. The number of fused-ring (bicyclic) bond motifs is 1. The molecule has 0 amide bonds. The Morgan fingerprint density at radius 3 is 2.92 bits per heavy atom. The van der Waals surface area contributed by atoms with Gasteiger partial charge in [-0.15, -0.1) is 0 Å². The van der Waals surface area contributed by atoms with Gasteiger partial charge in [0.25, 0.3) is 0 Å². The molecule has 24 heavy (non-hydrogen) atoms. The molecule has 2 aliphatic rings. The molecule has 1 aliphatic carbocycles. The maximum Gasteiger partial charge on any atom is 0.141 e. The first-order valence-electron chi connectivity index (χ1n) is 8.46. The molecule has 122 valence electrons. The van der Waals surface area contributed by atoms with Crippen molar-refractivity contribution in [3.63, 3.8) is 0 Å². The Hall–Kier alpha value is -2.58. The molecular formula is C19H20N4O. The van der Waals surface area contributed by atoms with Gasteiger partial charge < -0.3 is 15.0 Å². The van der Waals surface area contributed by atoms with E-state index in [0.29, 0.717) is 5.56 Å². The van der Waals surface area contributed by atoms with E-state index in [1.165, 1.54) is 5.56 Å². The summed E-state index contributed by atoms with van der Waals surface area (Å²) in [5.41, 5.74) is 2.94. The Labute approximate surface area is 141 Å². The Balaban J connectivity index is 1.57. The van der Waals surface area contributed by atoms with Crippen molar-refractivity contribution in [2.45, 2.75) is 18.9 Å². The van der Waals surface area contributed by atoms with Crippen LogP contribution in [-0.4, -0.2) is 31.2 Å². The largest absolute Gasteiger partial charge is 0.484 e. The lowest BCUT2D eigenvalue weighted by molar-refractivity contribution is 0.203. The SMILES string of the molecule is N#Cc1cccc(O[C@H]2CCc3ccc(N4CCNCC4)nc32)c1. The molecule has 1 aromatic heterocycles. The van der Waals surface area contributed by atoms with Gasteiger partial charge in [-0.3, -0.25) is 0 Å². The average molecular weight is 320 g/mol. The first-order valence-corrected chi connectivity index (χ1v) is 8.46. The van der Waals surface area contributed by atoms with Crippen molar-refractivity contribution in [3.8, 4) is 11.8 Å². The van der Waals surface area contributed by atoms with E-state index in [9.17, 15) is 0 Å². The molecule has 0 radical (unpaired) electrons. The molecule has 4 rings (SSSR count). The number of hydrogen-bond donors (Lipinski definition) is 1. The minimum atomic E-state index is -0.0307. The van der Waals surface area contributed by atoms with Crippen LogP contribution in [0.3, 0.4) is 0 Å². The highest BCUT2D eigenvalue weighted by Crippen LogP contribution is 2.35. The molecule has 0 spiro atoms. The lowest BCUT2D eigenvalue weighted by atomic mass is 10.2. The van der Waals surface area contributed by atoms with E-state index >= 15 is 0 Å². The van der Waals surface area contributed by atoms with Gasteiger partial charge in [-0.05, 0) is 42.7 Å². The van der Waals surface area contributed by atoms with Crippen molar-refractivity contribution in [2.75, 3.05) is 31.1 Å². The van der Waals surface area contributed by atoms with Crippen LogP contribution in [0.25, 0.3) is 0 Å². The molecule has 1 atom stereocenters. The van der Waals surface area contributed by atoms with Gasteiger partial charge in [0.15, 0.2) is 0 Å². The zero-order valence-electron chi connectivity index (χ0n) is 13.5. The van der Waals surface area contributed by atoms with E-state index in [-0.39, 0.29) is 6.10 Å². The first kappa shape index (κ1) is 15.0. The fourth-order valence-electron chi connectivity index (χ4n) is 3.39. The number of piperazine rings is 1. The third kappa shape index (κ3) is 2.93. The molecule has 2 aromatic rings. The molecule has 1 saturated heterocycles. The monoisotopic (exact) mass is 320 g/mol. The van der Waals surface area contributed by atoms with Crippen LogP contribution in [-0.2, 0) is 6.42 Å². The maximum atomic E-state index is 9.03. The van der Waals surface area contributed by atoms with Crippen molar-refractivity contribution < 1.29 is 4.74 Å². The molecule has 1 aromatic carbocycles. The summed E-state index contributed by atoms with van der Waals surface area (Å²) >= 11 is 0. The molecular weight excluding hydrogens is 300 g/mol. The van der Waals surface area contributed by atoms with Crippen molar-refractivity contribution in [1.29, 1.82) is 5.26 Å². The lowest BCUT2D eigenvalue weighted by Gasteiger charge is -2.29. The molecule has 1 aliphatic heterocycles. The van der Waals surface area contributed by atoms with Crippen LogP contribution in [0.4, 0.5) is 5.82 Å². The minimum absolute atomic E-state index is 0.0307. The number of aryl methyl sites for hydroxylation is 1. The van der Waals surface area contributed by atoms with Gasteiger partial charge in [-0.1, -0.05) is 12.1 Å². The fourth-order valence-corrected chi connectivity index (χ4v) is 3.39. The van der Waals surface area contributed by atoms with Crippen LogP contribution in [0, 0.1) is 11.3 Å². The van der Waals surface area contributed by atoms with Crippen molar-refractivity contribution in [1.82, 2.24) is 10.3 Å². The van der Waals surface area contributed by atoms with Gasteiger partial charge in [0.05, 0.1) is 17.3 Å². The number of nitrogens with zero attached hydrogens (tertiary/aromatic N) is 3. The van der Waals surface area contributed by atoms with E-state index in [0.717, 1.165) is 56.3 Å².